The van der Waals surface area contributed by atoms with Gasteiger partial charge in [-0.25, -0.2) is 13.1 Å². The van der Waals surface area contributed by atoms with Gasteiger partial charge in [0.2, 0.25) is 10.0 Å². The van der Waals surface area contributed by atoms with Gasteiger partial charge < -0.3 is 14.8 Å². The number of halogens is 1. The van der Waals surface area contributed by atoms with Crippen molar-refractivity contribution in [3.63, 3.8) is 0 Å². The van der Waals surface area contributed by atoms with Gasteiger partial charge in [0.05, 0.1) is 6.10 Å². The first-order chi connectivity index (χ1) is 11.5. The van der Waals surface area contributed by atoms with Crippen LogP contribution in [0.5, 0.6) is 5.75 Å². The SMILES string of the molecule is O=S(=O)(NC1CCNC1)c1cc(Cl)ccc1OCC1CCCCO1. The molecule has 2 aliphatic rings. The molecule has 0 aromatic heterocycles. The van der Waals surface area contributed by atoms with Crippen LogP contribution < -0.4 is 14.8 Å². The predicted molar refractivity (Wildman–Crippen MR) is 92.1 cm³/mol. The van der Waals surface area contributed by atoms with E-state index in [2.05, 4.69) is 10.0 Å². The van der Waals surface area contributed by atoms with E-state index in [9.17, 15) is 8.42 Å². The van der Waals surface area contributed by atoms with Gasteiger partial charge in [0.15, 0.2) is 0 Å². The maximum Gasteiger partial charge on any atom is 0.244 e. The van der Waals surface area contributed by atoms with Crippen molar-refractivity contribution in [2.24, 2.45) is 0 Å². The van der Waals surface area contributed by atoms with E-state index in [1.807, 2.05) is 0 Å². The zero-order valence-corrected chi connectivity index (χ0v) is 15.0. The number of rotatable bonds is 6. The Morgan fingerprint density at radius 2 is 2.21 bits per heavy atom. The van der Waals surface area contributed by atoms with Crippen LogP contribution in [0, 0.1) is 0 Å². The second-order valence-electron chi connectivity index (χ2n) is 6.20. The minimum atomic E-state index is -3.69. The number of nitrogens with one attached hydrogen (secondary N) is 2. The lowest BCUT2D eigenvalue weighted by molar-refractivity contribution is -0.0116. The minimum absolute atomic E-state index is 0.0111. The number of hydrogen-bond acceptors (Lipinski definition) is 5. The Hall–Kier alpha value is -0.860. The van der Waals surface area contributed by atoms with Crippen LogP contribution in [0.25, 0.3) is 0 Å². The molecule has 0 saturated carbocycles. The molecule has 0 radical (unpaired) electrons. The van der Waals surface area contributed by atoms with Gasteiger partial charge in [-0.1, -0.05) is 11.6 Å². The molecule has 8 heteroatoms. The Morgan fingerprint density at radius 3 is 2.92 bits per heavy atom. The number of hydrogen-bond donors (Lipinski definition) is 2. The first-order valence-electron chi connectivity index (χ1n) is 8.31. The largest absolute Gasteiger partial charge is 0.489 e. The predicted octanol–water partition coefficient (Wildman–Crippen LogP) is 1.93. The summed E-state index contributed by atoms with van der Waals surface area (Å²) >= 11 is 6.00. The van der Waals surface area contributed by atoms with E-state index in [4.69, 9.17) is 21.1 Å². The third-order valence-electron chi connectivity index (χ3n) is 4.28. The zero-order valence-electron chi connectivity index (χ0n) is 13.5. The van der Waals surface area contributed by atoms with Crippen LogP contribution in [0.15, 0.2) is 23.1 Å². The highest BCUT2D eigenvalue weighted by atomic mass is 35.5. The lowest BCUT2D eigenvalue weighted by Crippen LogP contribution is -2.36. The highest BCUT2D eigenvalue weighted by molar-refractivity contribution is 7.89. The molecule has 2 fully saturated rings. The maximum atomic E-state index is 12.7. The quantitative estimate of drug-likeness (QED) is 0.795. The van der Waals surface area contributed by atoms with Crippen molar-refractivity contribution in [2.75, 3.05) is 26.3 Å². The molecular formula is C16H23ClN2O4S. The van der Waals surface area contributed by atoms with Crippen LogP contribution in [0.2, 0.25) is 5.02 Å². The van der Waals surface area contributed by atoms with Crippen molar-refractivity contribution in [3.8, 4) is 5.75 Å². The lowest BCUT2D eigenvalue weighted by atomic mass is 10.1. The molecule has 6 nitrogen and oxygen atoms in total. The average molecular weight is 375 g/mol. The fraction of sp³-hybridized carbons (Fsp3) is 0.625. The van der Waals surface area contributed by atoms with Gasteiger partial charge in [0, 0.05) is 24.2 Å². The smallest absolute Gasteiger partial charge is 0.244 e. The summed E-state index contributed by atoms with van der Waals surface area (Å²) in [7, 11) is -3.69. The van der Waals surface area contributed by atoms with E-state index in [0.29, 0.717) is 23.9 Å². The first-order valence-corrected chi connectivity index (χ1v) is 10.2. The van der Waals surface area contributed by atoms with E-state index in [1.165, 1.54) is 6.07 Å². The molecule has 1 aromatic carbocycles. The summed E-state index contributed by atoms with van der Waals surface area (Å²) in [4.78, 5) is 0.0812. The van der Waals surface area contributed by atoms with Crippen LogP contribution in [0.4, 0.5) is 0 Å². The maximum absolute atomic E-state index is 12.7. The van der Waals surface area contributed by atoms with Crippen LogP contribution in [0.3, 0.4) is 0 Å². The van der Waals surface area contributed by atoms with Gasteiger partial charge in [-0.2, -0.15) is 0 Å². The fourth-order valence-corrected chi connectivity index (χ4v) is 4.65. The van der Waals surface area contributed by atoms with Crippen LogP contribution in [0.1, 0.15) is 25.7 Å². The van der Waals surface area contributed by atoms with Crippen LogP contribution in [-0.2, 0) is 14.8 Å². The Kier molecular flexibility index (Phi) is 5.99. The number of sulfonamides is 1. The summed E-state index contributed by atoms with van der Waals surface area (Å²) < 4.78 is 39.5. The van der Waals surface area contributed by atoms with Crippen molar-refractivity contribution < 1.29 is 17.9 Å². The van der Waals surface area contributed by atoms with E-state index in [-0.39, 0.29) is 17.0 Å². The van der Waals surface area contributed by atoms with Crippen molar-refractivity contribution in [1.29, 1.82) is 0 Å². The minimum Gasteiger partial charge on any atom is -0.489 e. The molecule has 3 rings (SSSR count). The normalized spacial score (nSPS) is 24.9. The summed E-state index contributed by atoms with van der Waals surface area (Å²) in [6.07, 6.45) is 3.89. The van der Waals surface area contributed by atoms with Gasteiger partial charge in [0.1, 0.15) is 17.3 Å². The number of ether oxygens (including phenoxy) is 2. The molecule has 2 saturated heterocycles. The molecule has 0 spiro atoms. The van der Waals surface area contributed by atoms with Gasteiger partial charge in [-0.05, 0) is 50.4 Å². The monoisotopic (exact) mass is 374 g/mol. The van der Waals surface area contributed by atoms with Gasteiger partial charge in [-0.15, -0.1) is 0 Å². The fourth-order valence-electron chi connectivity index (χ4n) is 2.97. The van der Waals surface area contributed by atoms with Crippen molar-refractivity contribution in [2.45, 2.75) is 42.7 Å². The second kappa shape index (κ2) is 8.01. The second-order valence-corrected chi connectivity index (χ2v) is 8.32. The molecule has 0 amide bonds. The summed E-state index contributed by atoms with van der Waals surface area (Å²) in [5.74, 6) is 0.312. The van der Waals surface area contributed by atoms with Crippen molar-refractivity contribution in [3.05, 3.63) is 23.2 Å². The third-order valence-corrected chi connectivity index (χ3v) is 6.05. The van der Waals surface area contributed by atoms with Gasteiger partial charge in [0.25, 0.3) is 0 Å². The molecule has 0 aliphatic carbocycles. The zero-order chi connectivity index (χ0) is 17.0. The summed E-state index contributed by atoms with van der Waals surface area (Å²) in [5, 5.41) is 3.50. The molecule has 2 aliphatic heterocycles. The molecule has 2 N–H and O–H groups in total. The Balaban J connectivity index is 1.74. The first kappa shape index (κ1) is 17.9. The molecule has 2 atom stereocenters. The van der Waals surface area contributed by atoms with E-state index < -0.39 is 10.0 Å². The number of benzene rings is 1. The standard InChI is InChI=1S/C16H23ClN2O4S/c17-12-4-5-15(23-11-14-3-1-2-8-22-14)16(9-12)24(20,21)19-13-6-7-18-10-13/h4-5,9,13-14,18-19H,1-3,6-8,10-11H2. The Bertz CT molecular complexity index is 656. The van der Waals surface area contributed by atoms with Crippen LogP contribution >= 0.6 is 11.6 Å². The van der Waals surface area contributed by atoms with Gasteiger partial charge >= 0.3 is 0 Å². The van der Waals surface area contributed by atoms with Crippen molar-refractivity contribution >= 4 is 21.6 Å². The molecule has 1 aromatic rings. The average Bonchev–Trinajstić information content (AvgIpc) is 3.07. The van der Waals surface area contributed by atoms with Crippen LogP contribution in [-0.4, -0.2) is 46.9 Å². The molecule has 2 unspecified atom stereocenters. The van der Waals surface area contributed by atoms with E-state index in [1.54, 1.807) is 12.1 Å². The lowest BCUT2D eigenvalue weighted by Gasteiger charge is -2.23. The van der Waals surface area contributed by atoms with Crippen molar-refractivity contribution in [1.82, 2.24) is 10.0 Å². The molecule has 134 valence electrons. The summed E-state index contributed by atoms with van der Waals surface area (Å²) in [5.41, 5.74) is 0. The highest BCUT2D eigenvalue weighted by Gasteiger charge is 2.26. The Morgan fingerprint density at radius 1 is 1.33 bits per heavy atom. The molecule has 0 bridgehead atoms. The van der Waals surface area contributed by atoms with E-state index >= 15 is 0 Å². The van der Waals surface area contributed by atoms with E-state index in [0.717, 1.165) is 38.8 Å². The topological polar surface area (TPSA) is 76.7 Å². The van der Waals surface area contributed by atoms with Gasteiger partial charge in [-0.3, -0.25) is 0 Å². The summed E-state index contributed by atoms with van der Waals surface area (Å²) in [6, 6.07) is 4.56. The molecule has 24 heavy (non-hydrogen) atoms. The Labute approximate surface area is 147 Å². The summed E-state index contributed by atoms with van der Waals surface area (Å²) in [6.45, 7) is 2.52. The molecule has 2 heterocycles. The highest BCUT2D eigenvalue weighted by Crippen LogP contribution is 2.28. The third kappa shape index (κ3) is 4.61. The molecular weight excluding hydrogens is 352 g/mol.